The number of aromatic nitrogens is 1. The van der Waals surface area contributed by atoms with Gasteiger partial charge in [-0.25, -0.2) is 4.98 Å². The zero-order chi connectivity index (χ0) is 20.8. The molecule has 0 radical (unpaired) electrons. The zero-order valence-electron chi connectivity index (χ0n) is 16.9. The van der Waals surface area contributed by atoms with Gasteiger partial charge in [0.1, 0.15) is 12.4 Å². The van der Waals surface area contributed by atoms with Gasteiger partial charge >= 0.3 is 0 Å². The molecule has 1 amide bonds. The number of carbonyl (C=O) groups excluding carboxylic acids is 1. The summed E-state index contributed by atoms with van der Waals surface area (Å²) in [7, 11) is 0. The summed E-state index contributed by atoms with van der Waals surface area (Å²) in [6.07, 6.45) is 3.43. The standard InChI is InChI=1S/C25H24N2O2S/c1-2-3-7-18-10-15-22-23(16-18)30-25(26-22)27-24(28)20-11-13-21(14-12-20)29-17-19-8-5-4-6-9-19/h4-6,8-16H,2-3,7,17H2,1H3,(H,26,27,28). The molecule has 1 N–H and O–H groups in total. The van der Waals surface area contributed by atoms with Crippen molar-refractivity contribution in [2.45, 2.75) is 32.8 Å². The predicted molar refractivity (Wildman–Crippen MR) is 123 cm³/mol. The second-order valence-corrected chi connectivity index (χ2v) is 8.21. The number of benzene rings is 3. The summed E-state index contributed by atoms with van der Waals surface area (Å²) in [6.45, 7) is 2.69. The van der Waals surface area contributed by atoms with Crippen LogP contribution in [0, 0.1) is 0 Å². The van der Waals surface area contributed by atoms with Gasteiger partial charge in [-0.3, -0.25) is 10.1 Å². The Balaban J connectivity index is 1.38. The van der Waals surface area contributed by atoms with Crippen LogP contribution in [-0.4, -0.2) is 10.9 Å². The first kappa shape index (κ1) is 20.1. The molecule has 30 heavy (non-hydrogen) atoms. The van der Waals surface area contributed by atoms with E-state index in [1.54, 1.807) is 12.1 Å². The Morgan fingerprint density at radius 2 is 1.80 bits per heavy atom. The maximum atomic E-state index is 12.6. The average molecular weight is 417 g/mol. The summed E-state index contributed by atoms with van der Waals surface area (Å²) < 4.78 is 6.88. The first-order valence-electron chi connectivity index (χ1n) is 10.2. The van der Waals surface area contributed by atoms with Crippen LogP contribution in [0.1, 0.15) is 41.3 Å². The van der Waals surface area contributed by atoms with E-state index < -0.39 is 0 Å². The lowest BCUT2D eigenvalue weighted by Crippen LogP contribution is -2.11. The van der Waals surface area contributed by atoms with Crippen molar-refractivity contribution in [2.75, 3.05) is 5.32 Å². The normalized spacial score (nSPS) is 10.8. The van der Waals surface area contributed by atoms with E-state index in [-0.39, 0.29) is 5.91 Å². The highest BCUT2D eigenvalue weighted by Crippen LogP contribution is 2.28. The van der Waals surface area contributed by atoms with Crippen LogP contribution in [-0.2, 0) is 13.0 Å². The Hall–Kier alpha value is -3.18. The summed E-state index contributed by atoms with van der Waals surface area (Å²) in [5, 5.41) is 3.53. The maximum Gasteiger partial charge on any atom is 0.257 e. The number of unbranched alkanes of at least 4 members (excludes halogenated alkanes) is 1. The summed E-state index contributed by atoms with van der Waals surface area (Å²) >= 11 is 1.51. The van der Waals surface area contributed by atoms with Crippen molar-refractivity contribution in [2.24, 2.45) is 0 Å². The fourth-order valence-electron chi connectivity index (χ4n) is 3.17. The molecular weight excluding hydrogens is 392 g/mol. The molecule has 5 heteroatoms. The van der Waals surface area contributed by atoms with Crippen molar-refractivity contribution >= 4 is 32.6 Å². The van der Waals surface area contributed by atoms with Crippen LogP contribution < -0.4 is 10.1 Å². The van der Waals surface area contributed by atoms with Crippen LogP contribution in [0.2, 0.25) is 0 Å². The molecule has 0 bridgehead atoms. The third kappa shape index (κ3) is 5.05. The number of hydrogen-bond acceptors (Lipinski definition) is 4. The fraction of sp³-hybridized carbons (Fsp3) is 0.200. The lowest BCUT2D eigenvalue weighted by atomic mass is 10.1. The Labute approximate surface area is 180 Å². The predicted octanol–water partition coefficient (Wildman–Crippen LogP) is 6.47. The molecule has 0 atom stereocenters. The number of amides is 1. The SMILES string of the molecule is CCCCc1ccc2nc(NC(=O)c3ccc(OCc4ccccc4)cc3)sc2c1. The Kier molecular flexibility index (Phi) is 6.40. The highest BCUT2D eigenvalue weighted by Gasteiger charge is 2.11. The second-order valence-electron chi connectivity index (χ2n) is 7.18. The van der Waals surface area contributed by atoms with Gasteiger partial charge in [0.2, 0.25) is 0 Å². The van der Waals surface area contributed by atoms with Crippen LogP contribution in [0.3, 0.4) is 0 Å². The Bertz CT molecular complexity index is 1120. The molecule has 0 aliphatic rings. The van der Waals surface area contributed by atoms with Crippen LogP contribution in [0.4, 0.5) is 5.13 Å². The number of thiazole rings is 1. The molecule has 0 unspecified atom stereocenters. The summed E-state index contributed by atoms with van der Waals surface area (Å²) in [5.41, 5.74) is 3.91. The smallest absolute Gasteiger partial charge is 0.257 e. The molecule has 1 aromatic heterocycles. The van der Waals surface area contributed by atoms with Crippen molar-refractivity contribution in [3.63, 3.8) is 0 Å². The van der Waals surface area contributed by atoms with Gasteiger partial charge in [-0.15, -0.1) is 0 Å². The summed E-state index contributed by atoms with van der Waals surface area (Å²) in [5.74, 6) is 0.560. The lowest BCUT2D eigenvalue weighted by molar-refractivity contribution is 0.102. The summed E-state index contributed by atoms with van der Waals surface area (Å²) in [4.78, 5) is 17.1. The van der Waals surface area contributed by atoms with Crippen LogP contribution >= 0.6 is 11.3 Å². The van der Waals surface area contributed by atoms with Crippen molar-refractivity contribution in [3.05, 3.63) is 89.5 Å². The number of rotatable bonds is 8. The molecular formula is C25H24N2O2S. The topological polar surface area (TPSA) is 51.2 Å². The third-order valence-corrected chi connectivity index (χ3v) is 5.79. The van der Waals surface area contributed by atoms with Crippen LogP contribution in [0.15, 0.2) is 72.8 Å². The first-order chi connectivity index (χ1) is 14.7. The average Bonchev–Trinajstić information content (AvgIpc) is 3.18. The van der Waals surface area contributed by atoms with Gasteiger partial charge in [0, 0.05) is 5.56 Å². The van der Waals surface area contributed by atoms with E-state index in [1.807, 2.05) is 48.5 Å². The van der Waals surface area contributed by atoms with Crippen LogP contribution in [0.25, 0.3) is 10.2 Å². The van der Waals surface area contributed by atoms with E-state index in [9.17, 15) is 4.79 Å². The van der Waals surface area contributed by atoms with E-state index >= 15 is 0 Å². The molecule has 0 saturated carbocycles. The van der Waals surface area contributed by atoms with Crippen molar-refractivity contribution in [1.82, 2.24) is 4.98 Å². The molecule has 0 aliphatic carbocycles. The number of ether oxygens (including phenoxy) is 1. The van der Waals surface area contributed by atoms with Gasteiger partial charge in [-0.05, 0) is 60.4 Å². The minimum Gasteiger partial charge on any atom is -0.489 e. The molecule has 4 nitrogen and oxygen atoms in total. The van der Waals surface area contributed by atoms with Gasteiger partial charge in [0.25, 0.3) is 5.91 Å². The molecule has 0 spiro atoms. The lowest BCUT2D eigenvalue weighted by Gasteiger charge is -2.07. The largest absolute Gasteiger partial charge is 0.489 e. The number of fused-ring (bicyclic) bond motifs is 1. The minimum absolute atomic E-state index is 0.171. The highest BCUT2D eigenvalue weighted by atomic mass is 32.1. The Morgan fingerprint density at radius 1 is 1.00 bits per heavy atom. The van der Waals surface area contributed by atoms with Crippen LogP contribution in [0.5, 0.6) is 5.75 Å². The number of nitrogens with one attached hydrogen (secondary N) is 1. The van der Waals surface area contributed by atoms with Gasteiger partial charge in [0.05, 0.1) is 10.2 Å². The van der Waals surface area contributed by atoms with E-state index in [0.717, 1.165) is 28.0 Å². The fourth-order valence-corrected chi connectivity index (χ4v) is 4.10. The van der Waals surface area contributed by atoms with Crippen molar-refractivity contribution < 1.29 is 9.53 Å². The number of hydrogen-bond donors (Lipinski definition) is 1. The molecule has 4 aromatic rings. The minimum atomic E-state index is -0.171. The van der Waals surface area contributed by atoms with Gasteiger partial charge in [0.15, 0.2) is 5.13 Å². The molecule has 1 heterocycles. The van der Waals surface area contributed by atoms with E-state index in [2.05, 4.69) is 29.4 Å². The third-order valence-electron chi connectivity index (χ3n) is 4.86. The molecule has 152 valence electrons. The van der Waals surface area contributed by atoms with E-state index in [0.29, 0.717) is 17.3 Å². The van der Waals surface area contributed by atoms with Gasteiger partial charge in [-0.1, -0.05) is 61.1 Å². The first-order valence-corrected chi connectivity index (χ1v) is 11.0. The van der Waals surface area contributed by atoms with E-state index in [4.69, 9.17) is 4.74 Å². The molecule has 0 saturated heterocycles. The van der Waals surface area contributed by atoms with Crippen molar-refractivity contribution in [3.8, 4) is 5.75 Å². The molecule has 0 fully saturated rings. The van der Waals surface area contributed by atoms with Gasteiger partial charge in [-0.2, -0.15) is 0 Å². The Morgan fingerprint density at radius 3 is 2.57 bits per heavy atom. The molecule has 4 rings (SSSR count). The number of carbonyl (C=O) groups is 1. The number of nitrogens with zero attached hydrogens (tertiary/aromatic N) is 1. The number of aryl methyl sites for hydroxylation is 1. The molecule has 3 aromatic carbocycles. The van der Waals surface area contributed by atoms with Crippen molar-refractivity contribution in [1.29, 1.82) is 0 Å². The number of anilines is 1. The van der Waals surface area contributed by atoms with E-state index in [1.165, 1.54) is 29.7 Å². The quantitative estimate of drug-likeness (QED) is 0.358. The molecule has 0 aliphatic heterocycles. The van der Waals surface area contributed by atoms with Gasteiger partial charge < -0.3 is 4.74 Å². The zero-order valence-corrected chi connectivity index (χ0v) is 17.7. The monoisotopic (exact) mass is 416 g/mol. The maximum absolute atomic E-state index is 12.6. The highest BCUT2D eigenvalue weighted by molar-refractivity contribution is 7.22. The second kappa shape index (κ2) is 9.55. The summed E-state index contributed by atoms with van der Waals surface area (Å²) in [6, 6.07) is 23.5.